The summed E-state index contributed by atoms with van der Waals surface area (Å²) in [6.07, 6.45) is 5.80. The number of piperidine rings is 2. The van der Waals surface area contributed by atoms with Crippen LogP contribution in [0.15, 0.2) is 18.2 Å². The van der Waals surface area contributed by atoms with Crippen molar-refractivity contribution in [3.8, 4) is 0 Å². The Hall–Kier alpha value is -2.41. The molecule has 2 amide bonds. The van der Waals surface area contributed by atoms with Gasteiger partial charge in [0.05, 0.1) is 17.1 Å². The molecule has 1 aromatic carbocycles. The fraction of sp³-hybridized carbons (Fsp3) is 0.571. The van der Waals surface area contributed by atoms with Crippen LogP contribution in [-0.4, -0.2) is 46.8 Å². The lowest BCUT2D eigenvalue weighted by atomic mass is 9.92. The molecule has 0 radical (unpaired) electrons. The molecule has 4 heterocycles. The number of amides is 2. The van der Waals surface area contributed by atoms with Crippen molar-refractivity contribution < 1.29 is 9.59 Å². The fourth-order valence-corrected chi connectivity index (χ4v) is 5.48. The standard InChI is InChI=1S/C21H27N5O2/c1-22-12-9-13-3-4-14(10-12)26(13)15-5-6-16-18(11-15)25(2)24-20(16)17-7-8-19(27)23-21(17)28/h5-6,11-14,17,22H,3-4,7-10H2,1-2H3,(H,23,27,28)/t12?,13-,14+,17?. The molecule has 7 nitrogen and oxygen atoms in total. The van der Waals surface area contributed by atoms with E-state index >= 15 is 0 Å². The molecule has 3 aliphatic rings. The summed E-state index contributed by atoms with van der Waals surface area (Å²) < 4.78 is 1.88. The van der Waals surface area contributed by atoms with Gasteiger partial charge in [-0.05, 0) is 57.4 Å². The van der Waals surface area contributed by atoms with Crippen LogP contribution < -0.4 is 15.5 Å². The Bertz CT molecular complexity index is 938. The van der Waals surface area contributed by atoms with Gasteiger partial charge in [0.2, 0.25) is 11.8 Å². The summed E-state index contributed by atoms with van der Waals surface area (Å²) in [5.74, 6) is -0.772. The molecule has 0 aliphatic carbocycles. The Morgan fingerprint density at radius 3 is 2.57 bits per heavy atom. The van der Waals surface area contributed by atoms with E-state index in [1.54, 1.807) is 0 Å². The maximum atomic E-state index is 12.3. The number of hydrogen-bond donors (Lipinski definition) is 2. The number of aromatic nitrogens is 2. The number of benzene rings is 1. The van der Waals surface area contributed by atoms with Crippen molar-refractivity contribution in [3.05, 3.63) is 23.9 Å². The van der Waals surface area contributed by atoms with Gasteiger partial charge in [-0.1, -0.05) is 0 Å². The number of carbonyl (C=O) groups is 2. The number of hydrogen-bond acceptors (Lipinski definition) is 5. The van der Waals surface area contributed by atoms with E-state index in [2.05, 4.69) is 45.9 Å². The van der Waals surface area contributed by atoms with Gasteiger partial charge in [-0.3, -0.25) is 19.6 Å². The Kier molecular flexibility index (Phi) is 4.16. The summed E-state index contributed by atoms with van der Waals surface area (Å²) in [5, 5.41) is 11.6. The summed E-state index contributed by atoms with van der Waals surface area (Å²) in [5.41, 5.74) is 3.09. The van der Waals surface area contributed by atoms with Crippen LogP contribution in [0.3, 0.4) is 0 Å². The van der Waals surface area contributed by atoms with Crippen LogP contribution in [0.4, 0.5) is 5.69 Å². The van der Waals surface area contributed by atoms with E-state index in [4.69, 9.17) is 0 Å². The topological polar surface area (TPSA) is 79.3 Å². The van der Waals surface area contributed by atoms with E-state index in [1.165, 1.54) is 31.4 Å². The van der Waals surface area contributed by atoms with E-state index in [9.17, 15) is 9.59 Å². The number of carbonyl (C=O) groups excluding carboxylic acids is 2. The molecule has 28 heavy (non-hydrogen) atoms. The predicted molar refractivity (Wildman–Crippen MR) is 107 cm³/mol. The van der Waals surface area contributed by atoms with Gasteiger partial charge in [-0.2, -0.15) is 5.10 Å². The largest absolute Gasteiger partial charge is 0.365 e. The summed E-state index contributed by atoms with van der Waals surface area (Å²) in [7, 11) is 4.00. The number of anilines is 1. The van der Waals surface area contributed by atoms with Crippen molar-refractivity contribution >= 4 is 28.4 Å². The zero-order chi connectivity index (χ0) is 19.4. The summed E-state index contributed by atoms with van der Waals surface area (Å²) in [6, 6.07) is 8.33. The molecule has 3 fully saturated rings. The molecule has 2 aromatic rings. The number of aryl methyl sites for hydroxylation is 1. The van der Waals surface area contributed by atoms with Crippen molar-refractivity contribution in [3.63, 3.8) is 0 Å². The van der Waals surface area contributed by atoms with E-state index in [1.807, 2.05) is 11.7 Å². The van der Waals surface area contributed by atoms with Gasteiger partial charge in [-0.25, -0.2) is 0 Å². The molecule has 0 saturated carbocycles. The van der Waals surface area contributed by atoms with Crippen LogP contribution in [0.2, 0.25) is 0 Å². The van der Waals surface area contributed by atoms with Crippen LogP contribution in [-0.2, 0) is 16.6 Å². The molecular formula is C21H27N5O2. The molecule has 2 bridgehead atoms. The molecule has 7 heteroatoms. The highest BCUT2D eigenvalue weighted by Crippen LogP contribution is 2.41. The summed E-state index contributed by atoms with van der Waals surface area (Å²) in [6.45, 7) is 0. The van der Waals surface area contributed by atoms with Crippen molar-refractivity contribution in [1.29, 1.82) is 0 Å². The van der Waals surface area contributed by atoms with E-state index < -0.39 is 0 Å². The van der Waals surface area contributed by atoms with Gasteiger partial charge in [-0.15, -0.1) is 0 Å². The average Bonchev–Trinajstić information content (AvgIpc) is 3.14. The molecule has 3 aliphatic heterocycles. The smallest absolute Gasteiger partial charge is 0.235 e. The van der Waals surface area contributed by atoms with E-state index in [0.29, 0.717) is 31.0 Å². The Balaban J connectivity index is 1.49. The van der Waals surface area contributed by atoms with Gasteiger partial charge < -0.3 is 10.2 Å². The second-order valence-electron chi connectivity index (χ2n) is 8.46. The summed E-state index contributed by atoms with van der Waals surface area (Å²) in [4.78, 5) is 26.4. The first-order valence-corrected chi connectivity index (χ1v) is 10.3. The highest BCUT2D eigenvalue weighted by Gasteiger charge is 2.40. The SMILES string of the molecule is CNC1C[C@H]2CC[C@@H](C1)N2c1ccc2c(C3CCC(=O)NC3=O)nn(C)c2c1. The molecule has 1 aromatic heterocycles. The average molecular weight is 381 g/mol. The van der Waals surface area contributed by atoms with Gasteiger partial charge in [0.1, 0.15) is 0 Å². The third-order valence-corrected chi connectivity index (χ3v) is 6.87. The number of imide groups is 1. The maximum absolute atomic E-state index is 12.3. The highest BCUT2D eigenvalue weighted by molar-refractivity contribution is 6.02. The molecule has 0 spiro atoms. The van der Waals surface area contributed by atoms with Crippen LogP contribution in [0, 0.1) is 0 Å². The monoisotopic (exact) mass is 381 g/mol. The number of fused-ring (bicyclic) bond motifs is 3. The lowest BCUT2D eigenvalue weighted by molar-refractivity contribution is -0.134. The Morgan fingerprint density at radius 1 is 1.14 bits per heavy atom. The molecule has 5 rings (SSSR count). The highest BCUT2D eigenvalue weighted by atomic mass is 16.2. The quantitative estimate of drug-likeness (QED) is 0.793. The van der Waals surface area contributed by atoms with E-state index in [-0.39, 0.29) is 17.7 Å². The second-order valence-corrected chi connectivity index (χ2v) is 8.46. The van der Waals surface area contributed by atoms with Crippen LogP contribution >= 0.6 is 0 Å². The normalized spacial score (nSPS) is 30.1. The molecule has 3 saturated heterocycles. The molecule has 148 valence electrons. The van der Waals surface area contributed by atoms with Gasteiger partial charge in [0, 0.05) is 42.7 Å². The third-order valence-electron chi connectivity index (χ3n) is 6.87. The minimum Gasteiger partial charge on any atom is -0.365 e. The minimum atomic E-state index is -0.352. The lowest BCUT2D eigenvalue weighted by Crippen LogP contribution is -2.48. The first kappa shape index (κ1) is 17.7. The number of nitrogens with one attached hydrogen (secondary N) is 2. The Labute approximate surface area is 164 Å². The van der Waals surface area contributed by atoms with E-state index in [0.717, 1.165) is 16.6 Å². The van der Waals surface area contributed by atoms with Crippen molar-refractivity contribution in [2.24, 2.45) is 7.05 Å². The van der Waals surface area contributed by atoms with Crippen molar-refractivity contribution in [1.82, 2.24) is 20.4 Å². The zero-order valence-electron chi connectivity index (χ0n) is 16.4. The molecule has 2 N–H and O–H groups in total. The fourth-order valence-electron chi connectivity index (χ4n) is 5.48. The Morgan fingerprint density at radius 2 is 1.89 bits per heavy atom. The first-order chi connectivity index (χ1) is 13.5. The van der Waals surface area contributed by atoms with Gasteiger partial charge in [0.25, 0.3) is 0 Å². The van der Waals surface area contributed by atoms with Crippen LogP contribution in [0.1, 0.15) is 50.1 Å². The molecule has 2 unspecified atom stereocenters. The maximum Gasteiger partial charge on any atom is 0.235 e. The first-order valence-electron chi connectivity index (χ1n) is 10.3. The molecular weight excluding hydrogens is 354 g/mol. The predicted octanol–water partition coefficient (Wildman–Crippen LogP) is 1.81. The number of rotatable bonds is 3. The minimum absolute atomic E-state index is 0.191. The lowest BCUT2D eigenvalue weighted by Gasteiger charge is -2.40. The second kappa shape index (κ2) is 6.58. The van der Waals surface area contributed by atoms with Crippen molar-refractivity contribution in [2.75, 3.05) is 11.9 Å². The number of nitrogens with zero attached hydrogens (tertiary/aromatic N) is 3. The van der Waals surface area contributed by atoms with Crippen molar-refractivity contribution in [2.45, 2.75) is 62.6 Å². The zero-order valence-corrected chi connectivity index (χ0v) is 16.4. The molecule has 4 atom stereocenters. The third kappa shape index (κ3) is 2.71. The van der Waals surface area contributed by atoms with Gasteiger partial charge >= 0.3 is 0 Å². The summed E-state index contributed by atoms with van der Waals surface area (Å²) >= 11 is 0. The van der Waals surface area contributed by atoms with Gasteiger partial charge in [0.15, 0.2) is 0 Å². The van der Waals surface area contributed by atoms with Crippen LogP contribution in [0.25, 0.3) is 10.9 Å². The van der Waals surface area contributed by atoms with Crippen LogP contribution in [0.5, 0.6) is 0 Å².